The van der Waals surface area contributed by atoms with Crippen molar-refractivity contribution < 1.29 is 9.47 Å². The van der Waals surface area contributed by atoms with Gasteiger partial charge in [0.25, 0.3) is 0 Å². The molecule has 0 radical (unpaired) electrons. The quantitative estimate of drug-likeness (QED) is 0.681. The highest BCUT2D eigenvalue weighted by Crippen LogP contribution is 2.42. The molecular weight excluding hydrogens is 272 g/mol. The minimum atomic E-state index is -0.115. The third-order valence-electron chi connectivity index (χ3n) is 4.51. The van der Waals surface area contributed by atoms with Gasteiger partial charge in [0.2, 0.25) is 0 Å². The van der Waals surface area contributed by atoms with Crippen molar-refractivity contribution in [3.8, 4) is 0 Å². The first-order valence-corrected chi connectivity index (χ1v) is 8.60. The summed E-state index contributed by atoms with van der Waals surface area (Å²) in [5.74, 6) is 0. The fourth-order valence-corrected chi connectivity index (χ4v) is 2.86. The number of rotatable bonds is 5. The van der Waals surface area contributed by atoms with Crippen molar-refractivity contribution in [2.75, 3.05) is 6.61 Å². The number of hydrogen-bond donors (Lipinski definition) is 0. The monoisotopic (exact) mass is 304 g/mol. The van der Waals surface area contributed by atoms with Crippen LogP contribution in [0.15, 0.2) is 24.3 Å². The van der Waals surface area contributed by atoms with Crippen LogP contribution in [0.4, 0.5) is 0 Å². The maximum atomic E-state index is 6.29. The van der Waals surface area contributed by atoms with Gasteiger partial charge in [-0.25, -0.2) is 0 Å². The van der Waals surface area contributed by atoms with Gasteiger partial charge in [-0.05, 0) is 56.6 Å². The van der Waals surface area contributed by atoms with E-state index in [0.29, 0.717) is 0 Å². The molecule has 2 heteroatoms. The lowest BCUT2D eigenvalue weighted by atomic mass is 9.86. The van der Waals surface area contributed by atoms with Crippen LogP contribution in [0.5, 0.6) is 0 Å². The summed E-state index contributed by atoms with van der Waals surface area (Å²) in [6, 6.07) is 8.62. The molecule has 1 aliphatic carbocycles. The summed E-state index contributed by atoms with van der Waals surface area (Å²) in [6.07, 6.45) is 3.61. The van der Waals surface area contributed by atoms with Crippen LogP contribution in [-0.2, 0) is 9.47 Å². The van der Waals surface area contributed by atoms with Crippen LogP contribution in [0.2, 0.25) is 0 Å². The number of benzene rings is 1. The highest BCUT2D eigenvalue weighted by Gasteiger charge is 2.31. The minimum absolute atomic E-state index is 0.115. The van der Waals surface area contributed by atoms with E-state index < -0.39 is 0 Å². The molecule has 2 atom stereocenters. The zero-order chi connectivity index (χ0) is 16.4. The number of fused-ring (bicyclic) bond motifs is 1. The van der Waals surface area contributed by atoms with Crippen molar-refractivity contribution in [3.63, 3.8) is 0 Å². The van der Waals surface area contributed by atoms with Gasteiger partial charge in [-0.15, -0.1) is 0 Å². The molecule has 2 rings (SSSR count). The van der Waals surface area contributed by atoms with E-state index in [2.05, 4.69) is 65.8 Å². The predicted molar refractivity (Wildman–Crippen MR) is 92.0 cm³/mol. The summed E-state index contributed by atoms with van der Waals surface area (Å²) < 4.78 is 12.6. The van der Waals surface area contributed by atoms with E-state index in [1.165, 1.54) is 11.1 Å². The van der Waals surface area contributed by atoms with Crippen LogP contribution in [0.25, 0.3) is 0 Å². The van der Waals surface area contributed by atoms with Crippen LogP contribution in [-0.4, -0.2) is 12.2 Å². The predicted octanol–water partition coefficient (Wildman–Crippen LogP) is 5.83. The standard InChI is InChI=1S/C20H32O2/c1-7-20(5,6)14-21-17-12-13-18(22-19(2,3)4)16-11-9-8-10-15(16)17/h8-11,17-18H,7,12-14H2,1-6H3. The van der Waals surface area contributed by atoms with Gasteiger partial charge in [0.15, 0.2) is 0 Å². The summed E-state index contributed by atoms with van der Waals surface area (Å²) >= 11 is 0. The van der Waals surface area contributed by atoms with Crippen LogP contribution in [0.3, 0.4) is 0 Å². The molecule has 124 valence electrons. The van der Waals surface area contributed by atoms with Gasteiger partial charge in [-0.2, -0.15) is 0 Å². The summed E-state index contributed by atoms with van der Waals surface area (Å²) in [5.41, 5.74) is 2.75. The molecule has 1 aliphatic rings. The van der Waals surface area contributed by atoms with Gasteiger partial charge in [-0.3, -0.25) is 0 Å². The molecule has 0 spiro atoms. The summed E-state index contributed by atoms with van der Waals surface area (Å²) in [4.78, 5) is 0. The second-order valence-electron chi connectivity index (χ2n) is 8.24. The molecule has 0 fully saturated rings. The maximum Gasteiger partial charge on any atom is 0.0836 e. The van der Waals surface area contributed by atoms with E-state index in [1.54, 1.807) is 0 Å². The Morgan fingerprint density at radius 3 is 2.05 bits per heavy atom. The van der Waals surface area contributed by atoms with E-state index in [9.17, 15) is 0 Å². The Morgan fingerprint density at radius 1 is 0.955 bits per heavy atom. The first kappa shape index (κ1) is 17.5. The van der Waals surface area contributed by atoms with Gasteiger partial charge in [-0.1, -0.05) is 45.0 Å². The van der Waals surface area contributed by atoms with E-state index >= 15 is 0 Å². The van der Waals surface area contributed by atoms with Crippen molar-refractivity contribution in [2.24, 2.45) is 5.41 Å². The van der Waals surface area contributed by atoms with Crippen LogP contribution >= 0.6 is 0 Å². The molecule has 0 saturated carbocycles. The molecule has 2 unspecified atom stereocenters. The van der Waals surface area contributed by atoms with Crippen molar-refractivity contribution >= 4 is 0 Å². The van der Waals surface area contributed by atoms with E-state index in [0.717, 1.165) is 25.9 Å². The molecular formula is C20H32O2. The lowest BCUT2D eigenvalue weighted by molar-refractivity contribution is -0.0851. The van der Waals surface area contributed by atoms with Gasteiger partial charge in [0, 0.05) is 0 Å². The van der Waals surface area contributed by atoms with Gasteiger partial charge < -0.3 is 9.47 Å². The molecule has 1 aromatic carbocycles. The van der Waals surface area contributed by atoms with E-state index in [-0.39, 0.29) is 23.2 Å². The topological polar surface area (TPSA) is 18.5 Å². The Kier molecular flexibility index (Phi) is 5.34. The fraction of sp³-hybridized carbons (Fsp3) is 0.700. The summed E-state index contributed by atoms with van der Waals surface area (Å²) in [5, 5.41) is 0. The Morgan fingerprint density at radius 2 is 1.50 bits per heavy atom. The SMILES string of the molecule is CCC(C)(C)COC1CCC(OC(C)(C)C)c2ccccc21. The first-order valence-electron chi connectivity index (χ1n) is 8.60. The summed E-state index contributed by atoms with van der Waals surface area (Å²) in [6.45, 7) is 14.0. The molecule has 0 amide bonds. The fourth-order valence-electron chi connectivity index (χ4n) is 2.86. The second-order valence-corrected chi connectivity index (χ2v) is 8.24. The zero-order valence-electron chi connectivity index (χ0n) is 15.1. The van der Waals surface area contributed by atoms with Crippen LogP contribution in [0, 0.1) is 5.41 Å². The molecule has 0 saturated heterocycles. The van der Waals surface area contributed by atoms with Crippen LogP contribution in [0.1, 0.15) is 84.1 Å². The molecule has 2 nitrogen and oxygen atoms in total. The third-order valence-corrected chi connectivity index (χ3v) is 4.51. The average Bonchev–Trinajstić information content (AvgIpc) is 2.45. The molecule has 0 N–H and O–H groups in total. The average molecular weight is 304 g/mol. The van der Waals surface area contributed by atoms with Crippen molar-refractivity contribution in [1.82, 2.24) is 0 Å². The lowest BCUT2D eigenvalue weighted by Gasteiger charge is -2.36. The molecule has 1 aromatic rings. The Bertz CT molecular complexity index is 485. The Hall–Kier alpha value is -0.860. The Balaban J connectivity index is 2.14. The van der Waals surface area contributed by atoms with Crippen molar-refractivity contribution in [3.05, 3.63) is 35.4 Å². The molecule has 22 heavy (non-hydrogen) atoms. The lowest BCUT2D eigenvalue weighted by Crippen LogP contribution is -2.28. The first-order chi connectivity index (χ1) is 10.2. The largest absolute Gasteiger partial charge is 0.373 e. The molecule has 0 heterocycles. The van der Waals surface area contributed by atoms with Gasteiger partial charge in [0.1, 0.15) is 0 Å². The van der Waals surface area contributed by atoms with E-state index in [1.807, 2.05) is 0 Å². The smallest absolute Gasteiger partial charge is 0.0836 e. The third kappa shape index (κ3) is 4.57. The highest BCUT2D eigenvalue weighted by molar-refractivity contribution is 5.33. The van der Waals surface area contributed by atoms with Gasteiger partial charge in [0.05, 0.1) is 24.4 Å². The molecule has 0 bridgehead atoms. The zero-order valence-corrected chi connectivity index (χ0v) is 15.1. The number of ether oxygens (including phenoxy) is 2. The number of hydrogen-bond acceptors (Lipinski definition) is 2. The summed E-state index contributed by atoms with van der Waals surface area (Å²) in [7, 11) is 0. The van der Waals surface area contributed by atoms with Crippen molar-refractivity contribution in [1.29, 1.82) is 0 Å². The van der Waals surface area contributed by atoms with Gasteiger partial charge >= 0.3 is 0 Å². The highest BCUT2D eigenvalue weighted by atomic mass is 16.5. The Labute approximate surface area is 136 Å². The second kappa shape index (κ2) is 6.72. The van der Waals surface area contributed by atoms with Crippen molar-refractivity contribution in [2.45, 2.75) is 78.6 Å². The normalized spacial score (nSPS) is 22.5. The minimum Gasteiger partial charge on any atom is -0.373 e. The maximum absolute atomic E-state index is 6.29. The van der Waals surface area contributed by atoms with E-state index in [4.69, 9.17) is 9.47 Å². The molecule has 0 aromatic heterocycles. The molecule has 0 aliphatic heterocycles. The van der Waals surface area contributed by atoms with Crippen LogP contribution < -0.4 is 0 Å².